The number of hydrogen-bond donors (Lipinski definition) is 0. The molecule has 0 aliphatic carbocycles. The first-order valence-electron chi connectivity index (χ1n) is 7.36. The molecule has 2 aliphatic heterocycles. The third-order valence-corrected chi connectivity index (χ3v) is 6.82. The average molecular weight is 341 g/mol. The van der Waals surface area contributed by atoms with E-state index in [0.717, 1.165) is 25.0 Å². The van der Waals surface area contributed by atoms with Crippen LogP contribution in [0, 0.1) is 17.2 Å². The van der Waals surface area contributed by atoms with E-state index in [9.17, 15) is 22.2 Å². The Hall–Kier alpha value is -1.68. The molecule has 3 rings (SSSR count). The first-order chi connectivity index (χ1) is 10.8. The molecule has 0 spiro atoms. The minimum Gasteiger partial charge on any atom is -0.294 e. The number of nitriles is 1. The van der Waals surface area contributed by atoms with Crippen molar-refractivity contribution in [3.05, 3.63) is 34.9 Å². The van der Waals surface area contributed by atoms with Gasteiger partial charge in [-0.1, -0.05) is 0 Å². The molecule has 2 fully saturated rings. The van der Waals surface area contributed by atoms with Gasteiger partial charge in [0.15, 0.2) is 5.78 Å². The van der Waals surface area contributed by atoms with Crippen molar-refractivity contribution in [3.63, 3.8) is 0 Å². The van der Waals surface area contributed by atoms with Crippen LogP contribution in [0.15, 0.2) is 18.2 Å². The summed E-state index contributed by atoms with van der Waals surface area (Å²) in [6.45, 7) is 0. The van der Waals surface area contributed by atoms with Crippen LogP contribution in [0.5, 0.6) is 0 Å². The molecule has 0 amide bonds. The van der Waals surface area contributed by atoms with Gasteiger partial charge in [0.25, 0.3) is 0 Å². The van der Waals surface area contributed by atoms with Gasteiger partial charge in [-0.15, -0.1) is 0 Å². The van der Waals surface area contributed by atoms with Crippen LogP contribution >= 0.6 is 0 Å². The van der Waals surface area contributed by atoms with Crippen LogP contribution in [-0.4, -0.2) is 20.5 Å². The number of nitrogens with zero attached hydrogens (tertiary/aromatic N) is 1. The molecule has 2 atom stereocenters. The molecule has 1 aromatic rings. The second-order valence-corrected chi connectivity index (χ2v) is 8.04. The number of fused-ring (bicyclic) bond motifs is 2. The van der Waals surface area contributed by atoms with Gasteiger partial charge in [-0.2, -0.15) is 18.4 Å². The topological polar surface area (TPSA) is 57.9 Å². The van der Waals surface area contributed by atoms with Crippen molar-refractivity contribution >= 4 is 16.6 Å². The Morgan fingerprint density at radius 3 is 2.35 bits per heavy atom. The van der Waals surface area contributed by atoms with E-state index in [-0.39, 0.29) is 21.6 Å². The zero-order chi connectivity index (χ0) is 16.8. The minimum atomic E-state index is -4.69. The molecular formula is C16H14F3NO2S. The number of carbonyl (C=O) groups is 1. The molecule has 2 bridgehead atoms. The quantitative estimate of drug-likeness (QED) is 0.774. The van der Waals surface area contributed by atoms with Crippen LogP contribution in [0.1, 0.15) is 47.2 Å². The summed E-state index contributed by atoms with van der Waals surface area (Å²) in [5, 5.41) is 8.63. The third kappa shape index (κ3) is 2.92. The number of alkyl halides is 3. The number of rotatable bonds is 2. The lowest BCUT2D eigenvalue weighted by atomic mass is 9.87. The maximum atomic E-state index is 13.2. The monoisotopic (exact) mass is 341 g/mol. The van der Waals surface area contributed by atoms with Crippen LogP contribution < -0.4 is 0 Å². The van der Waals surface area contributed by atoms with Crippen molar-refractivity contribution in [2.75, 3.05) is 0 Å². The molecule has 7 heteroatoms. The van der Waals surface area contributed by atoms with Gasteiger partial charge < -0.3 is 0 Å². The fraction of sp³-hybridized carbons (Fsp3) is 0.500. The largest absolute Gasteiger partial charge is 0.417 e. The average Bonchev–Trinajstić information content (AvgIpc) is 2.74. The Bertz CT molecular complexity index is 707. The summed E-state index contributed by atoms with van der Waals surface area (Å²) < 4.78 is 51.6. The fourth-order valence-electron chi connectivity index (χ4n) is 3.53. The number of halogens is 3. The Morgan fingerprint density at radius 2 is 1.83 bits per heavy atom. The molecule has 2 saturated heterocycles. The van der Waals surface area contributed by atoms with E-state index in [1.165, 1.54) is 6.07 Å². The molecule has 2 aliphatic rings. The van der Waals surface area contributed by atoms with Gasteiger partial charge in [-0.25, -0.2) is 0 Å². The predicted octanol–water partition coefficient (Wildman–Crippen LogP) is 3.45. The summed E-state index contributed by atoms with van der Waals surface area (Å²) in [5.41, 5.74) is -1.56. The zero-order valence-electron chi connectivity index (χ0n) is 12.1. The normalized spacial score (nSPS) is 30.0. The van der Waals surface area contributed by atoms with Crippen LogP contribution in [-0.2, 0) is 17.0 Å². The van der Waals surface area contributed by atoms with Gasteiger partial charge in [0.05, 0.1) is 17.2 Å². The van der Waals surface area contributed by atoms with Gasteiger partial charge in [0.1, 0.15) is 0 Å². The molecule has 3 nitrogen and oxygen atoms in total. The Kier molecular flexibility index (Phi) is 4.05. The van der Waals surface area contributed by atoms with E-state index in [1.807, 2.05) is 0 Å². The van der Waals surface area contributed by atoms with E-state index >= 15 is 0 Å². The molecule has 122 valence electrons. The lowest BCUT2D eigenvalue weighted by molar-refractivity contribution is -0.138. The summed E-state index contributed by atoms with van der Waals surface area (Å²) in [5.74, 6) is -1.06. The van der Waals surface area contributed by atoms with E-state index in [0.29, 0.717) is 12.8 Å². The molecular weight excluding hydrogens is 327 g/mol. The SMILES string of the molecule is N#Cc1ccc(C(=O)C2CC3CCC(C2)S3=O)c(C(F)(F)F)c1. The number of hydrogen-bond acceptors (Lipinski definition) is 3. The van der Waals surface area contributed by atoms with E-state index in [4.69, 9.17) is 5.26 Å². The van der Waals surface area contributed by atoms with Crippen molar-refractivity contribution < 1.29 is 22.2 Å². The van der Waals surface area contributed by atoms with Crippen LogP contribution in [0.3, 0.4) is 0 Å². The third-order valence-electron chi connectivity index (χ3n) is 4.65. The van der Waals surface area contributed by atoms with Crippen molar-refractivity contribution in [1.29, 1.82) is 5.26 Å². The number of Topliss-reactive ketones (excluding diaryl/α,β-unsaturated/α-hetero) is 1. The highest BCUT2D eigenvalue weighted by Gasteiger charge is 2.44. The lowest BCUT2D eigenvalue weighted by Crippen LogP contribution is -2.33. The summed E-state index contributed by atoms with van der Waals surface area (Å²) >= 11 is 0. The molecule has 23 heavy (non-hydrogen) atoms. The second-order valence-electron chi connectivity index (χ2n) is 6.05. The zero-order valence-corrected chi connectivity index (χ0v) is 12.9. The Morgan fingerprint density at radius 1 is 1.22 bits per heavy atom. The number of ketones is 1. The van der Waals surface area contributed by atoms with Gasteiger partial charge in [0.2, 0.25) is 0 Å². The smallest absolute Gasteiger partial charge is 0.294 e. The molecule has 0 aromatic heterocycles. The maximum Gasteiger partial charge on any atom is 0.417 e. The molecule has 0 radical (unpaired) electrons. The molecule has 2 unspecified atom stereocenters. The summed E-state index contributed by atoms with van der Waals surface area (Å²) in [6.07, 6.45) is -2.35. The maximum absolute atomic E-state index is 13.2. The van der Waals surface area contributed by atoms with E-state index in [1.54, 1.807) is 6.07 Å². The highest BCUT2D eigenvalue weighted by atomic mass is 32.2. The van der Waals surface area contributed by atoms with Crippen molar-refractivity contribution in [1.82, 2.24) is 0 Å². The van der Waals surface area contributed by atoms with Gasteiger partial charge >= 0.3 is 6.18 Å². The van der Waals surface area contributed by atoms with E-state index < -0.39 is 34.2 Å². The predicted molar refractivity (Wildman–Crippen MR) is 78.2 cm³/mol. The van der Waals surface area contributed by atoms with E-state index in [2.05, 4.69) is 0 Å². The summed E-state index contributed by atoms with van der Waals surface area (Å²) in [4.78, 5) is 12.6. The van der Waals surface area contributed by atoms with Crippen LogP contribution in [0.25, 0.3) is 0 Å². The van der Waals surface area contributed by atoms with Crippen LogP contribution in [0.4, 0.5) is 13.2 Å². The molecule has 0 N–H and O–H groups in total. The van der Waals surface area contributed by atoms with Crippen molar-refractivity contribution in [2.45, 2.75) is 42.4 Å². The molecule has 0 saturated carbocycles. The Balaban J connectivity index is 1.94. The number of benzene rings is 1. The number of carbonyl (C=O) groups excluding carboxylic acids is 1. The molecule has 2 heterocycles. The highest BCUT2D eigenvalue weighted by Crippen LogP contribution is 2.41. The molecule has 1 aromatic carbocycles. The lowest BCUT2D eigenvalue weighted by Gasteiger charge is -2.27. The minimum absolute atomic E-state index is 0.0737. The fourth-order valence-corrected chi connectivity index (χ4v) is 5.65. The Labute approximate surface area is 133 Å². The van der Waals surface area contributed by atoms with Crippen LogP contribution in [0.2, 0.25) is 0 Å². The van der Waals surface area contributed by atoms with Gasteiger partial charge in [-0.3, -0.25) is 9.00 Å². The highest BCUT2D eigenvalue weighted by molar-refractivity contribution is 7.86. The summed E-state index contributed by atoms with van der Waals surface area (Å²) in [6, 6.07) is 4.72. The first-order valence-corrected chi connectivity index (χ1v) is 8.64. The second kappa shape index (κ2) is 5.75. The van der Waals surface area contributed by atoms with Gasteiger partial charge in [0, 0.05) is 32.8 Å². The van der Waals surface area contributed by atoms with Crippen molar-refractivity contribution in [2.24, 2.45) is 5.92 Å². The summed E-state index contributed by atoms with van der Waals surface area (Å²) in [7, 11) is -0.957. The van der Waals surface area contributed by atoms with Gasteiger partial charge in [-0.05, 0) is 43.9 Å². The van der Waals surface area contributed by atoms with Crippen molar-refractivity contribution in [3.8, 4) is 6.07 Å². The standard InChI is InChI=1S/C16H14F3NO2S/c17-16(18,19)14-5-9(8-20)1-4-13(14)15(21)10-6-11-2-3-12(7-10)23(11)22/h1,4-5,10-12H,2-3,6-7H2. The first kappa shape index (κ1) is 16.2.